The van der Waals surface area contributed by atoms with Crippen molar-refractivity contribution in [3.05, 3.63) is 83.0 Å². The number of fused-ring (bicyclic) bond motifs is 1. The lowest BCUT2D eigenvalue weighted by molar-refractivity contribution is 0.0795. The van der Waals surface area contributed by atoms with Gasteiger partial charge in [0.2, 0.25) is 5.89 Å². The van der Waals surface area contributed by atoms with E-state index in [2.05, 4.69) is 68.5 Å². The Balaban J connectivity index is 1.09. The standard InChI is InChI=1S/C25H30N4O/c1-2-6-20(7-3-1)10-13-24-26-25(30-27-24)19-28-14-16-29(17-15-28)23-12-11-21-8-4-5-9-22(21)18-23/h1-9,23H,10-19H2/t23-/m0/s1. The number of rotatable bonds is 6. The average Bonchev–Trinajstić information content (AvgIpc) is 3.26. The van der Waals surface area contributed by atoms with Crippen LogP contribution in [0.5, 0.6) is 0 Å². The number of hydrogen-bond donors (Lipinski definition) is 0. The predicted molar refractivity (Wildman–Crippen MR) is 117 cm³/mol. The van der Waals surface area contributed by atoms with Crippen molar-refractivity contribution >= 4 is 0 Å². The fourth-order valence-corrected chi connectivity index (χ4v) is 4.82. The minimum atomic E-state index is 0.690. The second-order valence-corrected chi connectivity index (χ2v) is 8.57. The Labute approximate surface area is 178 Å². The zero-order chi connectivity index (χ0) is 20.2. The molecule has 2 heterocycles. The molecule has 2 aliphatic rings. The van der Waals surface area contributed by atoms with Crippen LogP contribution in [0.3, 0.4) is 0 Å². The van der Waals surface area contributed by atoms with Gasteiger partial charge in [-0.1, -0.05) is 59.8 Å². The Hall–Kier alpha value is -2.50. The smallest absolute Gasteiger partial charge is 0.240 e. The first-order valence-corrected chi connectivity index (χ1v) is 11.2. The molecule has 3 aromatic rings. The largest absolute Gasteiger partial charge is 0.338 e. The number of nitrogens with zero attached hydrogens (tertiary/aromatic N) is 4. The summed E-state index contributed by atoms with van der Waals surface area (Å²) in [7, 11) is 0. The molecule has 156 valence electrons. The molecule has 0 radical (unpaired) electrons. The van der Waals surface area contributed by atoms with E-state index in [-0.39, 0.29) is 0 Å². The first kappa shape index (κ1) is 19.5. The van der Waals surface area contributed by atoms with E-state index in [0.717, 1.165) is 57.3 Å². The molecule has 0 saturated carbocycles. The number of aryl methyl sites for hydroxylation is 3. The molecule has 0 unspecified atom stereocenters. The molecule has 1 aromatic heterocycles. The maximum Gasteiger partial charge on any atom is 0.240 e. The third-order valence-electron chi connectivity index (χ3n) is 6.59. The Morgan fingerprint density at radius 2 is 1.63 bits per heavy atom. The average molecular weight is 403 g/mol. The van der Waals surface area contributed by atoms with E-state index in [1.807, 2.05) is 6.07 Å². The molecule has 2 aromatic carbocycles. The van der Waals surface area contributed by atoms with Gasteiger partial charge >= 0.3 is 0 Å². The van der Waals surface area contributed by atoms with Crippen LogP contribution in [-0.4, -0.2) is 52.2 Å². The zero-order valence-electron chi connectivity index (χ0n) is 17.5. The Morgan fingerprint density at radius 1 is 0.867 bits per heavy atom. The first-order valence-electron chi connectivity index (χ1n) is 11.2. The highest BCUT2D eigenvalue weighted by molar-refractivity contribution is 5.30. The summed E-state index contributed by atoms with van der Waals surface area (Å²) in [5.41, 5.74) is 4.40. The summed E-state index contributed by atoms with van der Waals surface area (Å²) in [6, 6.07) is 20.1. The minimum absolute atomic E-state index is 0.690. The normalized spacial score (nSPS) is 20.2. The van der Waals surface area contributed by atoms with Gasteiger partial charge in [-0.15, -0.1) is 0 Å². The number of aromatic nitrogens is 2. The van der Waals surface area contributed by atoms with Crippen molar-refractivity contribution in [2.45, 2.75) is 44.7 Å². The van der Waals surface area contributed by atoms with Crippen molar-refractivity contribution in [2.75, 3.05) is 26.2 Å². The predicted octanol–water partition coefficient (Wildman–Crippen LogP) is 3.53. The third kappa shape index (κ3) is 4.63. The number of piperazine rings is 1. The second kappa shape index (κ2) is 9.11. The second-order valence-electron chi connectivity index (χ2n) is 8.57. The lowest BCUT2D eigenvalue weighted by atomic mass is 9.87. The summed E-state index contributed by atoms with van der Waals surface area (Å²) in [4.78, 5) is 9.75. The van der Waals surface area contributed by atoms with Gasteiger partial charge in [-0.2, -0.15) is 4.98 Å². The molecule has 5 nitrogen and oxygen atoms in total. The molecule has 5 rings (SSSR count). The maximum atomic E-state index is 5.52. The molecule has 0 amide bonds. The maximum absolute atomic E-state index is 5.52. The van der Waals surface area contributed by atoms with Crippen LogP contribution in [-0.2, 0) is 32.2 Å². The highest BCUT2D eigenvalue weighted by Gasteiger charge is 2.27. The monoisotopic (exact) mass is 402 g/mol. The van der Waals surface area contributed by atoms with E-state index < -0.39 is 0 Å². The fourth-order valence-electron chi connectivity index (χ4n) is 4.82. The Kier molecular flexibility index (Phi) is 5.91. The molecular formula is C25H30N4O. The van der Waals surface area contributed by atoms with Gasteiger partial charge in [-0.3, -0.25) is 9.80 Å². The molecule has 0 N–H and O–H groups in total. The molecule has 0 spiro atoms. The van der Waals surface area contributed by atoms with Gasteiger partial charge in [-0.25, -0.2) is 0 Å². The van der Waals surface area contributed by atoms with Gasteiger partial charge in [0.1, 0.15) is 0 Å². The van der Waals surface area contributed by atoms with Crippen LogP contribution in [0.15, 0.2) is 59.1 Å². The van der Waals surface area contributed by atoms with Gasteiger partial charge in [0.15, 0.2) is 5.82 Å². The van der Waals surface area contributed by atoms with Crippen molar-refractivity contribution in [1.29, 1.82) is 0 Å². The SMILES string of the molecule is c1ccc(CCc2noc(CN3CCN([C@H]4CCc5ccccc5C4)CC3)n2)cc1. The van der Waals surface area contributed by atoms with Crippen LogP contribution in [0.25, 0.3) is 0 Å². The topological polar surface area (TPSA) is 45.4 Å². The van der Waals surface area contributed by atoms with Crippen LogP contribution in [0.1, 0.15) is 34.8 Å². The van der Waals surface area contributed by atoms with Crippen LogP contribution in [0, 0.1) is 0 Å². The molecule has 0 bridgehead atoms. The molecule has 5 heteroatoms. The van der Waals surface area contributed by atoms with Crippen LogP contribution < -0.4 is 0 Å². The van der Waals surface area contributed by atoms with Crippen molar-refractivity contribution in [3.63, 3.8) is 0 Å². The third-order valence-corrected chi connectivity index (χ3v) is 6.59. The summed E-state index contributed by atoms with van der Waals surface area (Å²) in [5.74, 6) is 1.56. The lowest BCUT2D eigenvalue weighted by Gasteiger charge is -2.40. The van der Waals surface area contributed by atoms with E-state index in [1.165, 1.54) is 24.8 Å². The fraction of sp³-hybridized carbons (Fsp3) is 0.440. The van der Waals surface area contributed by atoms with Gasteiger partial charge in [0.05, 0.1) is 6.54 Å². The molecule has 1 atom stereocenters. The summed E-state index contributed by atoms with van der Waals surface area (Å²) >= 11 is 0. The molecular weight excluding hydrogens is 372 g/mol. The van der Waals surface area contributed by atoms with E-state index in [0.29, 0.717) is 6.04 Å². The minimum Gasteiger partial charge on any atom is -0.338 e. The van der Waals surface area contributed by atoms with Gasteiger partial charge in [-0.05, 0) is 42.4 Å². The molecule has 1 aliphatic carbocycles. The molecule has 1 fully saturated rings. The summed E-state index contributed by atoms with van der Waals surface area (Å²) < 4.78 is 5.52. The van der Waals surface area contributed by atoms with Crippen molar-refractivity contribution in [3.8, 4) is 0 Å². The highest BCUT2D eigenvalue weighted by atomic mass is 16.5. The van der Waals surface area contributed by atoms with E-state index >= 15 is 0 Å². The van der Waals surface area contributed by atoms with Crippen molar-refractivity contribution in [2.24, 2.45) is 0 Å². The number of benzene rings is 2. The lowest BCUT2D eigenvalue weighted by Crippen LogP contribution is -2.51. The van der Waals surface area contributed by atoms with Crippen LogP contribution in [0.2, 0.25) is 0 Å². The highest BCUT2D eigenvalue weighted by Crippen LogP contribution is 2.25. The zero-order valence-corrected chi connectivity index (χ0v) is 17.5. The van der Waals surface area contributed by atoms with E-state index in [9.17, 15) is 0 Å². The number of hydrogen-bond acceptors (Lipinski definition) is 5. The van der Waals surface area contributed by atoms with Gasteiger partial charge in [0.25, 0.3) is 0 Å². The quantitative estimate of drug-likeness (QED) is 0.631. The van der Waals surface area contributed by atoms with Crippen molar-refractivity contribution in [1.82, 2.24) is 19.9 Å². The molecule has 30 heavy (non-hydrogen) atoms. The van der Waals surface area contributed by atoms with Crippen LogP contribution >= 0.6 is 0 Å². The summed E-state index contributed by atoms with van der Waals surface area (Å²) in [6.07, 6.45) is 5.47. The molecule has 1 saturated heterocycles. The molecule has 1 aliphatic heterocycles. The van der Waals surface area contributed by atoms with E-state index in [1.54, 1.807) is 11.1 Å². The first-order chi connectivity index (χ1) is 14.8. The van der Waals surface area contributed by atoms with Gasteiger partial charge in [0, 0.05) is 38.6 Å². The summed E-state index contributed by atoms with van der Waals surface area (Å²) in [5, 5.41) is 4.18. The van der Waals surface area contributed by atoms with Crippen molar-refractivity contribution < 1.29 is 4.52 Å². The Bertz CT molecular complexity index is 947. The van der Waals surface area contributed by atoms with Gasteiger partial charge < -0.3 is 4.52 Å². The van der Waals surface area contributed by atoms with E-state index in [4.69, 9.17) is 4.52 Å². The Morgan fingerprint density at radius 3 is 2.47 bits per heavy atom. The van der Waals surface area contributed by atoms with Crippen LogP contribution in [0.4, 0.5) is 0 Å². The summed E-state index contributed by atoms with van der Waals surface area (Å²) in [6.45, 7) is 5.16.